The minimum Gasteiger partial charge on any atom is -0.487 e. The van der Waals surface area contributed by atoms with Crippen LogP contribution in [0.3, 0.4) is 0 Å². The first kappa shape index (κ1) is 48.1. The third kappa shape index (κ3) is 12.1. The van der Waals surface area contributed by atoms with Crippen LogP contribution in [0, 0.1) is 45.9 Å². The number of benzene rings is 2. The molecule has 0 saturated carbocycles. The largest absolute Gasteiger partial charge is 0.487 e. The molecule has 20 heteroatoms. The van der Waals surface area contributed by atoms with E-state index >= 15 is 0 Å². The smallest absolute Gasteiger partial charge is 0.275 e. The van der Waals surface area contributed by atoms with Gasteiger partial charge in [-0.3, -0.25) is 9.59 Å². The summed E-state index contributed by atoms with van der Waals surface area (Å²) in [5, 5.41) is 25.4. The normalized spacial score (nSPS) is 14.2. The molecule has 0 aliphatic carbocycles. The zero-order valence-electron chi connectivity index (χ0n) is 37.0. The van der Waals surface area contributed by atoms with Gasteiger partial charge in [-0.15, -0.1) is 0 Å². The first-order chi connectivity index (χ1) is 30.4. The number of hydrogen-bond donors (Lipinski definition) is 2. The van der Waals surface area contributed by atoms with E-state index in [-0.39, 0.29) is 58.6 Å². The predicted octanol–water partition coefficient (Wildman–Crippen LogP) is 6.39. The number of nitriles is 2. The zero-order valence-corrected chi connectivity index (χ0v) is 37.0. The molecule has 0 atom stereocenters. The number of nitrogens with zero attached hydrogens (tertiary/aromatic N) is 10. The number of amides is 2. The summed E-state index contributed by atoms with van der Waals surface area (Å²) in [6.45, 7) is 9.86. The quantitative estimate of drug-likeness (QED) is 0.149. The lowest BCUT2D eigenvalue weighted by Crippen LogP contribution is -2.40. The van der Waals surface area contributed by atoms with Crippen molar-refractivity contribution < 1.29 is 36.6 Å². The Bertz CT molecular complexity index is 2390. The van der Waals surface area contributed by atoms with E-state index in [9.17, 15) is 37.7 Å². The second-order valence-corrected chi connectivity index (χ2v) is 16.2. The molecule has 2 amide bonds. The van der Waals surface area contributed by atoms with E-state index in [0.717, 1.165) is 24.3 Å². The molecule has 2 aliphatic rings. The van der Waals surface area contributed by atoms with Crippen LogP contribution in [0.4, 0.5) is 40.8 Å². The molecule has 4 aromatic rings. The third-order valence-corrected chi connectivity index (χ3v) is 9.89. The Morgan fingerprint density at radius 2 is 1.02 bits per heavy atom. The average molecular weight is 889 g/mol. The van der Waals surface area contributed by atoms with Gasteiger partial charge in [0.2, 0.25) is 0 Å². The maximum Gasteiger partial charge on any atom is 0.275 e. The van der Waals surface area contributed by atoms with Crippen molar-refractivity contribution in [2.45, 2.75) is 77.7 Å². The van der Waals surface area contributed by atoms with Crippen molar-refractivity contribution >= 4 is 35.1 Å². The summed E-state index contributed by atoms with van der Waals surface area (Å²) in [4.78, 5) is 49.4. The lowest BCUT2D eigenvalue weighted by atomic mass is 10.1. The number of aromatic nitrogens is 4. The number of piperidine rings is 2. The number of carbonyl (C=O) groups is 2. The van der Waals surface area contributed by atoms with Crippen LogP contribution in [0.25, 0.3) is 0 Å². The molecule has 0 bridgehead atoms. The second-order valence-electron chi connectivity index (χ2n) is 16.2. The maximum atomic E-state index is 13.9. The van der Waals surface area contributed by atoms with Crippen LogP contribution in [0.15, 0.2) is 36.4 Å². The summed E-state index contributed by atoms with van der Waals surface area (Å²) < 4.78 is 65.5. The number of nitrogens with one attached hydrogen (secondary N) is 2. The highest BCUT2D eigenvalue weighted by Crippen LogP contribution is 2.31. The molecule has 2 aromatic carbocycles. The molecule has 16 nitrogen and oxygen atoms in total. The van der Waals surface area contributed by atoms with E-state index in [1.807, 2.05) is 49.6 Å². The molecule has 0 radical (unpaired) electrons. The molecular weight excluding hydrogens is 837 g/mol. The lowest BCUT2D eigenvalue weighted by Gasteiger charge is -2.34. The van der Waals surface area contributed by atoms with Gasteiger partial charge < -0.3 is 39.7 Å². The van der Waals surface area contributed by atoms with Crippen LogP contribution in [-0.2, 0) is 0 Å². The fourth-order valence-corrected chi connectivity index (χ4v) is 6.78. The monoisotopic (exact) mass is 888 g/mol. The van der Waals surface area contributed by atoms with Crippen LogP contribution in [-0.4, -0.2) is 120 Å². The standard InChI is InChI=1S/2C22H26F2N6O2/c1-13(2)26-20-21(27-17(12-25)19(28-20)22(31)29(3)4)30-9-7-15(8-10-30)32-18-6-5-14(23)11-16(18)24;1-13(2)26-20-21(28-19(17(12-25)27-20)22(31)29(3)4)30-9-7-15(8-10-30)32-18-6-5-14(23)11-16(18)24/h5-6,11,13,15H,7-10H2,1-4H3,(H,26,28);5-6,11,13,15H,7-10H2,1-4H3,(H,26,27). The molecule has 4 heterocycles. The Hall–Kier alpha value is -6.96. The summed E-state index contributed by atoms with van der Waals surface area (Å²) in [6, 6.07) is 10.5. The Balaban J connectivity index is 0.000000241. The Morgan fingerprint density at radius 3 is 1.39 bits per heavy atom. The maximum absolute atomic E-state index is 13.9. The number of ether oxygens (including phenoxy) is 2. The molecule has 0 unspecified atom stereocenters. The molecule has 340 valence electrons. The number of rotatable bonds is 12. The van der Waals surface area contributed by atoms with Crippen molar-refractivity contribution in [3.8, 4) is 23.6 Å². The van der Waals surface area contributed by atoms with Crippen molar-refractivity contribution in [3.05, 3.63) is 82.4 Å². The zero-order chi connectivity index (χ0) is 46.8. The Kier molecular flexibility index (Phi) is 16.1. The van der Waals surface area contributed by atoms with Crippen molar-refractivity contribution in [2.75, 3.05) is 74.8 Å². The van der Waals surface area contributed by atoms with Crippen LogP contribution >= 0.6 is 0 Å². The molecule has 6 rings (SSSR count). The highest BCUT2D eigenvalue weighted by molar-refractivity contribution is 5.95. The van der Waals surface area contributed by atoms with E-state index in [1.54, 1.807) is 28.2 Å². The predicted molar refractivity (Wildman–Crippen MR) is 231 cm³/mol. The number of carbonyl (C=O) groups excluding carboxylic acids is 2. The van der Waals surface area contributed by atoms with Gasteiger partial charge in [0.25, 0.3) is 11.8 Å². The van der Waals surface area contributed by atoms with Gasteiger partial charge in [0.15, 0.2) is 69.2 Å². The highest BCUT2D eigenvalue weighted by atomic mass is 19.1. The van der Waals surface area contributed by atoms with Crippen molar-refractivity contribution in [3.63, 3.8) is 0 Å². The van der Waals surface area contributed by atoms with E-state index in [1.165, 1.54) is 21.9 Å². The fourth-order valence-electron chi connectivity index (χ4n) is 6.78. The number of hydrogen-bond acceptors (Lipinski definition) is 14. The summed E-state index contributed by atoms with van der Waals surface area (Å²) in [6.07, 6.45) is 1.78. The van der Waals surface area contributed by atoms with Crippen molar-refractivity contribution in [1.82, 2.24) is 29.7 Å². The van der Waals surface area contributed by atoms with Gasteiger partial charge in [-0.25, -0.2) is 37.5 Å². The Morgan fingerprint density at radius 1 is 0.641 bits per heavy atom. The summed E-state index contributed by atoms with van der Waals surface area (Å²) in [7, 11) is 6.35. The Labute approximate surface area is 369 Å². The number of halogens is 4. The molecule has 2 aromatic heterocycles. The highest BCUT2D eigenvalue weighted by Gasteiger charge is 2.30. The average Bonchev–Trinajstić information content (AvgIpc) is 3.25. The van der Waals surface area contributed by atoms with Crippen LogP contribution < -0.4 is 29.9 Å². The minimum absolute atomic E-state index is 0.00518. The second kappa shape index (κ2) is 21.4. The summed E-state index contributed by atoms with van der Waals surface area (Å²) in [5.41, 5.74) is -0.0941. The number of anilines is 4. The molecule has 2 aliphatic heterocycles. The van der Waals surface area contributed by atoms with Gasteiger partial charge >= 0.3 is 0 Å². The molecule has 2 N–H and O–H groups in total. The van der Waals surface area contributed by atoms with Gasteiger partial charge in [0.05, 0.1) is 0 Å². The van der Waals surface area contributed by atoms with Crippen molar-refractivity contribution in [2.24, 2.45) is 0 Å². The summed E-state index contributed by atoms with van der Waals surface area (Å²) in [5.74, 6) is -1.74. The molecule has 64 heavy (non-hydrogen) atoms. The fraction of sp³-hybridized carbons (Fsp3) is 0.455. The van der Waals surface area contributed by atoms with Crippen LogP contribution in [0.1, 0.15) is 85.7 Å². The molecular formula is C44H52F4N12O4. The van der Waals surface area contributed by atoms with Gasteiger partial charge in [-0.1, -0.05) is 0 Å². The molecule has 0 spiro atoms. The van der Waals surface area contributed by atoms with Gasteiger partial charge in [-0.05, 0) is 52.0 Å². The van der Waals surface area contributed by atoms with Gasteiger partial charge in [0, 0.05) is 104 Å². The third-order valence-electron chi connectivity index (χ3n) is 9.89. The van der Waals surface area contributed by atoms with Gasteiger partial charge in [0.1, 0.15) is 36.0 Å². The van der Waals surface area contributed by atoms with Crippen LogP contribution in [0.2, 0.25) is 0 Å². The van der Waals surface area contributed by atoms with E-state index in [0.29, 0.717) is 75.1 Å². The minimum atomic E-state index is -0.736. The van der Waals surface area contributed by atoms with E-state index < -0.39 is 35.1 Å². The van der Waals surface area contributed by atoms with Crippen molar-refractivity contribution in [1.29, 1.82) is 10.5 Å². The van der Waals surface area contributed by atoms with E-state index in [2.05, 4.69) is 30.6 Å². The lowest BCUT2D eigenvalue weighted by molar-refractivity contribution is 0.0814. The van der Waals surface area contributed by atoms with E-state index in [4.69, 9.17) is 9.47 Å². The molecule has 2 saturated heterocycles. The van der Waals surface area contributed by atoms with Crippen LogP contribution in [0.5, 0.6) is 11.5 Å². The topological polar surface area (TPSA) is 189 Å². The summed E-state index contributed by atoms with van der Waals surface area (Å²) >= 11 is 0. The SMILES string of the molecule is CC(C)Nc1nc(C#N)c(C(=O)N(C)C)nc1N1CCC(Oc2ccc(F)cc2F)CC1.CC(C)Nc1nc(C(=O)N(C)C)c(C#N)nc1N1CCC(Oc2ccc(F)cc2F)CC1. The first-order valence-electron chi connectivity index (χ1n) is 20.7. The first-order valence-corrected chi connectivity index (χ1v) is 20.7. The molecule has 2 fully saturated rings. The van der Waals surface area contributed by atoms with Gasteiger partial charge in [-0.2, -0.15) is 10.5 Å².